The van der Waals surface area contributed by atoms with Crippen LogP contribution in [-0.4, -0.2) is 37.1 Å². The Morgan fingerprint density at radius 1 is 1.32 bits per heavy atom. The number of unbranched alkanes of at least 4 members (excludes halogenated alkanes) is 1. The fourth-order valence-electron chi connectivity index (χ4n) is 2.58. The Morgan fingerprint density at radius 3 is 2.68 bits per heavy atom. The Labute approximate surface area is 114 Å². The van der Waals surface area contributed by atoms with Gasteiger partial charge in [-0.3, -0.25) is 4.90 Å². The van der Waals surface area contributed by atoms with Crippen molar-refractivity contribution >= 4 is 5.69 Å². The van der Waals surface area contributed by atoms with Crippen LogP contribution in [0.1, 0.15) is 19.8 Å². The summed E-state index contributed by atoms with van der Waals surface area (Å²) in [4.78, 5) is 4.72. The lowest BCUT2D eigenvalue weighted by Crippen LogP contribution is -2.52. The highest BCUT2D eigenvalue weighted by Crippen LogP contribution is 2.19. The van der Waals surface area contributed by atoms with Crippen LogP contribution in [0.25, 0.3) is 0 Å². The van der Waals surface area contributed by atoms with Gasteiger partial charge in [0.2, 0.25) is 0 Å². The molecule has 0 amide bonds. The molecule has 1 saturated heterocycles. The molecular weight excluding hydrogens is 241 g/mol. The summed E-state index contributed by atoms with van der Waals surface area (Å²) < 4.78 is 12.9. The van der Waals surface area contributed by atoms with Gasteiger partial charge in [0.05, 0.1) is 6.07 Å². The fourth-order valence-corrected chi connectivity index (χ4v) is 2.58. The Hall–Kier alpha value is -1.60. The number of piperazine rings is 1. The van der Waals surface area contributed by atoms with Gasteiger partial charge in [0, 0.05) is 37.8 Å². The smallest absolute Gasteiger partial charge is 0.123 e. The number of halogens is 1. The van der Waals surface area contributed by atoms with Gasteiger partial charge in [-0.2, -0.15) is 5.26 Å². The van der Waals surface area contributed by atoms with Crippen LogP contribution in [0.2, 0.25) is 0 Å². The molecule has 19 heavy (non-hydrogen) atoms. The lowest BCUT2D eigenvalue weighted by molar-refractivity contribution is 0.188. The van der Waals surface area contributed by atoms with Crippen LogP contribution < -0.4 is 4.90 Å². The first-order valence-electron chi connectivity index (χ1n) is 6.82. The molecule has 1 atom stereocenters. The van der Waals surface area contributed by atoms with E-state index in [0.29, 0.717) is 12.5 Å². The van der Waals surface area contributed by atoms with Crippen LogP contribution in [0.4, 0.5) is 10.1 Å². The van der Waals surface area contributed by atoms with Crippen molar-refractivity contribution in [1.29, 1.82) is 5.26 Å². The molecule has 1 unspecified atom stereocenters. The quantitative estimate of drug-likeness (QED) is 0.781. The van der Waals surface area contributed by atoms with Gasteiger partial charge >= 0.3 is 0 Å². The van der Waals surface area contributed by atoms with E-state index in [1.54, 1.807) is 0 Å². The summed E-state index contributed by atoms with van der Waals surface area (Å²) in [5.41, 5.74) is 1.09. The topological polar surface area (TPSA) is 30.3 Å². The minimum atomic E-state index is -0.188. The van der Waals surface area contributed by atoms with Gasteiger partial charge in [-0.05, 0) is 44.2 Å². The molecule has 1 fully saturated rings. The maximum atomic E-state index is 12.9. The van der Waals surface area contributed by atoms with Gasteiger partial charge in [0.1, 0.15) is 5.82 Å². The van der Waals surface area contributed by atoms with E-state index in [-0.39, 0.29) is 5.82 Å². The van der Waals surface area contributed by atoms with Crippen molar-refractivity contribution in [2.75, 3.05) is 31.1 Å². The minimum absolute atomic E-state index is 0.188. The molecule has 0 aromatic heterocycles. The lowest BCUT2D eigenvalue weighted by atomic mass is 10.1. The van der Waals surface area contributed by atoms with Crippen LogP contribution in [0.15, 0.2) is 24.3 Å². The van der Waals surface area contributed by atoms with E-state index in [1.165, 1.54) is 12.1 Å². The summed E-state index contributed by atoms with van der Waals surface area (Å²) in [6, 6.07) is 9.37. The molecule has 1 aliphatic heterocycles. The van der Waals surface area contributed by atoms with E-state index in [0.717, 1.165) is 38.3 Å². The van der Waals surface area contributed by atoms with E-state index in [9.17, 15) is 4.39 Å². The van der Waals surface area contributed by atoms with E-state index in [4.69, 9.17) is 5.26 Å². The standard InChI is InChI=1S/C15H20FN3/c1-13-12-19(15-6-4-14(16)5-7-15)11-10-18(13)9-3-2-8-17/h4-7,13H,2-3,9-12H2,1H3. The number of anilines is 1. The second kappa shape index (κ2) is 6.53. The molecular formula is C15H20FN3. The monoisotopic (exact) mass is 261 g/mol. The van der Waals surface area contributed by atoms with Crippen LogP contribution >= 0.6 is 0 Å². The average Bonchev–Trinajstić information content (AvgIpc) is 2.42. The van der Waals surface area contributed by atoms with E-state index in [2.05, 4.69) is 22.8 Å². The average molecular weight is 261 g/mol. The van der Waals surface area contributed by atoms with Crippen molar-refractivity contribution < 1.29 is 4.39 Å². The first kappa shape index (κ1) is 13.8. The first-order chi connectivity index (χ1) is 9.20. The largest absolute Gasteiger partial charge is 0.369 e. The number of hydrogen-bond donors (Lipinski definition) is 0. The Kier molecular flexibility index (Phi) is 4.75. The van der Waals surface area contributed by atoms with Crippen molar-refractivity contribution in [2.24, 2.45) is 0 Å². The predicted octanol–water partition coefficient (Wildman–Crippen LogP) is 2.64. The molecule has 1 aromatic rings. The molecule has 0 radical (unpaired) electrons. The molecule has 0 N–H and O–H groups in total. The molecule has 4 heteroatoms. The predicted molar refractivity (Wildman–Crippen MR) is 74.5 cm³/mol. The van der Waals surface area contributed by atoms with Crippen molar-refractivity contribution in [3.63, 3.8) is 0 Å². The van der Waals surface area contributed by atoms with Gasteiger partial charge in [-0.1, -0.05) is 0 Å². The molecule has 1 aromatic carbocycles. The summed E-state index contributed by atoms with van der Waals surface area (Å²) in [6.07, 6.45) is 1.57. The molecule has 0 spiro atoms. The molecule has 0 bridgehead atoms. The third-order valence-corrected chi connectivity index (χ3v) is 3.69. The Morgan fingerprint density at radius 2 is 2.05 bits per heavy atom. The number of nitrogens with zero attached hydrogens (tertiary/aromatic N) is 3. The highest BCUT2D eigenvalue weighted by molar-refractivity contribution is 5.46. The zero-order valence-electron chi connectivity index (χ0n) is 11.3. The number of benzene rings is 1. The third kappa shape index (κ3) is 3.68. The lowest BCUT2D eigenvalue weighted by Gasteiger charge is -2.41. The molecule has 1 aliphatic rings. The minimum Gasteiger partial charge on any atom is -0.369 e. The van der Waals surface area contributed by atoms with Crippen molar-refractivity contribution in [3.05, 3.63) is 30.1 Å². The summed E-state index contributed by atoms with van der Waals surface area (Å²) >= 11 is 0. The van der Waals surface area contributed by atoms with Crippen LogP contribution in [0.5, 0.6) is 0 Å². The molecule has 0 aliphatic carbocycles. The highest BCUT2D eigenvalue weighted by Gasteiger charge is 2.23. The normalized spacial score (nSPS) is 20.3. The SMILES string of the molecule is CC1CN(c2ccc(F)cc2)CCN1CCCC#N. The van der Waals surface area contributed by atoms with E-state index < -0.39 is 0 Å². The zero-order valence-corrected chi connectivity index (χ0v) is 11.3. The first-order valence-corrected chi connectivity index (χ1v) is 6.82. The third-order valence-electron chi connectivity index (χ3n) is 3.69. The highest BCUT2D eigenvalue weighted by atomic mass is 19.1. The van der Waals surface area contributed by atoms with Crippen molar-refractivity contribution in [2.45, 2.75) is 25.8 Å². The second-order valence-corrected chi connectivity index (χ2v) is 5.07. The zero-order chi connectivity index (χ0) is 13.7. The molecule has 3 nitrogen and oxygen atoms in total. The molecule has 0 saturated carbocycles. The second-order valence-electron chi connectivity index (χ2n) is 5.07. The van der Waals surface area contributed by atoms with Gasteiger partial charge in [-0.15, -0.1) is 0 Å². The van der Waals surface area contributed by atoms with E-state index in [1.807, 2.05) is 12.1 Å². The van der Waals surface area contributed by atoms with Gasteiger partial charge in [0.15, 0.2) is 0 Å². The molecule has 2 rings (SSSR count). The van der Waals surface area contributed by atoms with Crippen LogP contribution in [0.3, 0.4) is 0 Å². The Bertz CT molecular complexity index is 438. The van der Waals surface area contributed by atoms with E-state index >= 15 is 0 Å². The van der Waals surface area contributed by atoms with Crippen molar-refractivity contribution in [3.8, 4) is 6.07 Å². The van der Waals surface area contributed by atoms with Gasteiger partial charge in [0.25, 0.3) is 0 Å². The maximum Gasteiger partial charge on any atom is 0.123 e. The number of hydrogen-bond acceptors (Lipinski definition) is 3. The summed E-state index contributed by atoms with van der Waals surface area (Å²) in [5, 5.41) is 8.57. The van der Waals surface area contributed by atoms with Crippen LogP contribution in [0, 0.1) is 17.1 Å². The summed E-state index contributed by atoms with van der Waals surface area (Å²) in [6.45, 7) is 6.12. The Balaban J connectivity index is 1.89. The maximum absolute atomic E-state index is 12.9. The summed E-state index contributed by atoms with van der Waals surface area (Å²) in [7, 11) is 0. The van der Waals surface area contributed by atoms with Crippen LogP contribution in [-0.2, 0) is 0 Å². The van der Waals surface area contributed by atoms with Gasteiger partial charge in [-0.25, -0.2) is 4.39 Å². The summed E-state index contributed by atoms with van der Waals surface area (Å²) in [5.74, 6) is -0.188. The molecule has 1 heterocycles. The van der Waals surface area contributed by atoms with Crippen molar-refractivity contribution in [1.82, 2.24) is 4.90 Å². The van der Waals surface area contributed by atoms with Gasteiger partial charge < -0.3 is 4.90 Å². The fraction of sp³-hybridized carbons (Fsp3) is 0.533. The number of rotatable bonds is 4. The number of nitriles is 1. The molecule has 102 valence electrons.